The molecule has 2 heteroatoms. The zero-order valence-corrected chi connectivity index (χ0v) is 11.9. The predicted octanol–water partition coefficient (Wildman–Crippen LogP) is 3.59. The molecule has 0 saturated carbocycles. The van der Waals surface area contributed by atoms with Crippen molar-refractivity contribution < 1.29 is 0 Å². The average molecular weight is 264 g/mol. The molecular weight excluding hydrogens is 244 g/mol. The topological polar surface area (TPSA) is 35.8 Å². The molecule has 0 heterocycles. The first-order valence-corrected chi connectivity index (χ1v) is 7.04. The highest BCUT2D eigenvalue weighted by Gasteiger charge is 1.99. The molecule has 0 aliphatic heterocycles. The minimum Gasteiger partial charge on any atom is -0.313 e. The first kappa shape index (κ1) is 14.3. The van der Waals surface area contributed by atoms with Crippen LogP contribution in [-0.2, 0) is 13.0 Å². The van der Waals surface area contributed by atoms with Gasteiger partial charge in [0.25, 0.3) is 0 Å². The average Bonchev–Trinajstić information content (AvgIpc) is 2.49. The van der Waals surface area contributed by atoms with Gasteiger partial charge in [0, 0.05) is 6.54 Å². The second-order valence-electron chi connectivity index (χ2n) is 5.02. The van der Waals surface area contributed by atoms with Gasteiger partial charge < -0.3 is 5.32 Å². The highest BCUT2D eigenvalue weighted by atomic mass is 14.8. The van der Waals surface area contributed by atoms with Crippen molar-refractivity contribution in [1.29, 1.82) is 5.26 Å². The van der Waals surface area contributed by atoms with Gasteiger partial charge in [0.05, 0.1) is 11.6 Å². The van der Waals surface area contributed by atoms with E-state index in [0.29, 0.717) is 0 Å². The number of nitriles is 1. The highest BCUT2D eigenvalue weighted by molar-refractivity contribution is 5.37. The minimum absolute atomic E-state index is 0.732. The summed E-state index contributed by atoms with van der Waals surface area (Å²) < 4.78 is 0. The molecule has 2 aromatic carbocycles. The molecule has 0 bridgehead atoms. The van der Waals surface area contributed by atoms with Gasteiger partial charge in [-0.3, -0.25) is 0 Å². The van der Waals surface area contributed by atoms with E-state index in [2.05, 4.69) is 48.6 Å². The summed E-state index contributed by atoms with van der Waals surface area (Å²) in [4.78, 5) is 0. The largest absolute Gasteiger partial charge is 0.313 e. The normalized spacial score (nSPS) is 10.2. The molecule has 0 amide bonds. The standard InChI is InChI=1S/C18H20N2/c1-15-12-17(13-19)9-10-18(15)14-20-11-5-8-16-6-3-2-4-7-16/h2-4,6-7,9-10,12,20H,5,8,11,14H2,1H3. The van der Waals surface area contributed by atoms with Gasteiger partial charge in [-0.15, -0.1) is 0 Å². The molecule has 1 N–H and O–H groups in total. The summed E-state index contributed by atoms with van der Waals surface area (Å²) in [6.07, 6.45) is 2.25. The van der Waals surface area contributed by atoms with Gasteiger partial charge in [0.2, 0.25) is 0 Å². The number of nitrogens with zero attached hydrogens (tertiary/aromatic N) is 1. The van der Waals surface area contributed by atoms with E-state index < -0.39 is 0 Å². The quantitative estimate of drug-likeness (QED) is 0.809. The van der Waals surface area contributed by atoms with Crippen LogP contribution in [-0.4, -0.2) is 6.54 Å². The van der Waals surface area contributed by atoms with E-state index in [4.69, 9.17) is 5.26 Å². The SMILES string of the molecule is Cc1cc(C#N)ccc1CNCCCc1ccccc1. The molecule has 0 radical (unpaired) electrons. The predicted molar refractivity (Wildman–Crippen MR) is 82.4 cm³/mol. The Morgan fingerprint density at radius 3 is 2.60 bits per heavy atom. The number of rotatable bonds is 6. The van der Waals surface area contributed by atoms with Crippen LogP contribution in [0.25, 0.3) is 0 Å². The van der Waals surface area contributed by atoms with Crippen LogP contribution < -0.4 is 5.32 Å². The summed E-state index contributed by atoms with van der Waals surface area (Å²) in [7, 11) is 0. The van der Waals surface area contributed by atoms with Crippen molar-refractivity contribution in [3.63, 3.8) is 0 Å². The van der Waals surface area contributed by atoms with Crippen LogP contribution in [0.2, 0.25) is 0 Å². The molecule has 0 fully saturated rings. The van der Waals surface area contributed by atoms with Crippen LogP contribution in [0.15, 0.2) is 48.5 Å². The van der Waals surface area contributed by atoms with Gasteiger partial charge >= 0.3 is 0 Å². The van der Waals surface area contributed by atoms with Gasteiger partial charge in [0.15, 0.2) is 0 Å². The first-order valence-electron chi connectivity index (χ1n) is 7.04. The van der Waals surface area contributed by atoms with Gasteiger partial charge in [-0.2, -0.15) is 5.26 Å². The van der Waals surface area contributed by atoms with Gasteiger partial charge in [0.1, 0.15) is 0 Å². The van der Waals surface area contributed by atoms with Crippen LogP contribution in [0.1, 0.15) is 28.7 Å². The third-order valence-corrected chi connectivity index (χ3v) is 3.45. The Kier molecular flexibility index (Phi) is 5.34. The van der Waals surface area contributed by atoms with Crippen LogP contribution in [0.4, 0.5) is 0 Å². The summed E-state index contributed by atoms with van der Waals surface area (Å²) in [5.41, 5.74) is 4.57. The van der Waals surface area contributed by atoms with Crippen molar-refractivity contribution in [2.75, 3.05) is 6.54 Å². The third-order valence-electron chi connectivity index (χ3n) is 3.45. The van der Waals surface area contributed by atoms with Crippen LogP contribution in [0, 0.1) is 18.3 Å². The number of hydrogen-bond acceptors (Lipinski definition) is 2. The van der Waals surface area contributed by atoms with Gasteiger partial charge in [-0.25, -0.2) is 0 Å². The number of hydrogen-bond donors (Lipinski definition) is 1. The smallest absolute Gasteiger partial charge is 0.0991 e. The summed E-state index contributed by atoms with van der Waals surface area (Å²) in [6.45, 7) is 3.93. The first-order chi connectivity index (χ1) is 9.79. The maximum absolute atomic E-state index is 8.84. The lowest BCUT2D eigenvalue weighted by Crippen LogP contribution is -2.16. The molecule has 0 atom stereocenters. The second-order valence-corrected chi connectivity index (χ2v) is 5.02. The summed E-state index contributed by atoms with van der Waals surface area (Å²) in [6, 6.07) is 18.6. The lowest BCUT2D eigenvalue weighted by atomic mass is 10.1. The van der Waals surface area contributed by atoms with E-state index in [9.17, 15) is 0 Å². The zero-order valence-electron chi connectivity index (χ0n) is 11.9. The Hall–Kier alpha value is -2.11. The number of aryl methyl sites for hydroxylation is 2. The molecule has 0 aliphatic carbocycles. The van der Waals surface area contributed by atoms with Crippen molar-refractivity contribution in [3.8, 4) is 6.07 Å². The fourth-order valence-electron chi connectivity index (χ4n) is 2.25. The molecule has 2 aromatic rings. The van der Waals surface area contributed by atoms with Crippen molar-refractivity contribution >= 4 is 0 Å². The Bertz CT molecular complexity index is 582. The number of nitrogens with one attached hydrogen (secondary N) is 1. The molecule has 102 valence electrons. The molecule has 2 nitrogen and oxygen atoms in total. The van der Waals surface area contributed by atoms with Gasteiger partial charge in [-0.1, -0.05) is 36.4 Å². The maximum atomic E-state index is 8.84. The highest BCUT2D eigenvalue weighted by Crippen LogP contribution is 2.10. The van der Waals surface area contributed by atoms with Crippen molar-refractivity contribution in [2.24, 2.45) is 0 Å². The van der Waals surface area contributed by atoms with E-state index in [1.165, 1.54) is 16.7 Å². The van der Waals surface area contributed by atoms with Gasteiger partial charge in [-0.05, 0) is 55.1 Å². The van der Waals surface area contributed by atoms with E-state index in [0.717, 1.165) is 31.5 Å². The Morgan fingerprint density at radius 1 is 1.10 bits per heavy atom. The molecular formula is C18H20N2. The molecule has 20 heavy (non-hydrogen) atoms. The minimum atomic E-state index is 0.732. The van der Waals surface area contributed by atoms with Crippen molar-refractivity contribution in [1.82, 2.24) is 5.32 Å². The molecule has 0 aromatic heterocycles. The summed E-state index contributed by atoms with van der Waals surface area (Å²) in [5.74, 6) is 0. The molecule has 0 saturated heterocycles. The fraction of sp³-hybridized carbons (Fsp3) is 0.278. The zero-order chi connectivity index (χ0) is 14.2. The fourth-order valence-corrected chi connectivity index (χ4v) is 2.25. The Balaban J connectivity index is 1.72. The van der Waals surface area contributed by atoms with Crippen LogP contribution >= 0.6 is 0 Å². The monoisotopic (exact) mass is 264 g/mol. The number of benzene rings is 2. The Labute approximate surface area is 121 Å². The maximum Gasteiger partial charge on any atom is 0.0991 e. The Morgan fingerprint density at radius 2 is 1.90 bits per heavy atom. The van der Waals surface area contributed by atoms with Crippen LogP contribution in [0.5, 0.6) is 0 Å². The van der Waals surface area contributed by atoms with Crippen molar-refractivity contribution in [2.45, 2.75) is 26.3 Å². The lowest BCUT2D eigenvalue weighted by molar-refractivity contribution is 0.648. The summed E-state index contributed by atoms with van der Waals surface area (Å²) in [5, 5.41) is 12.3. The van der Waals surface area contributed by atoms with Crippen LogP contribution in [0.3, 0.4) is 0 Å². The summed E-state index contributed by atoms with van der Waals surface area (Å²) >= 11 is 0. The van der Waals surface area contributed by atoms with E-state index in [1.54, 1.807) is 0 Å². The van der Waals surface area contributed by atoms with Crippen molar-refractivity contribution in [3.05, 3.63) is 70.8 Å². The van der Waals surface area contributed by atoms with E-state index >= 15 is 0 Å². The van der Waals surface area contributed by atoms with E-state index in [-0.39, 0.29) is 0 Å². The lowest BCUT2D eigenvalue weighted by Gasteiger charge is -2.08. The molecule has 0 spiro atoms. The molecule has 0 unspecified atom stereocenters. The molecule has 2 rings (SSSR count). The van der Waals surface area contributed by atoms with E-state index in [1.807, 2.05) is 18.2 Å². The second kappa shape index (κ2) is 7.47. The molecule has 0 aliphatic rings. The third kappa shape index (κ3) is 4.22.